The van der Waals surface area contributed by atoms with Gasteiger partial charge in [0.05, 0.1) is 4.90 Å². The topological polar surface area (TPSA) is 88.2 Å². The highest BCUT2D eigenvalue weighted by Crippen LogP contribution is 2.23. The Labute approximate surface area is 162 Å². The molecule has 0 aliphatic carbocycles. The Balaban J connectivity index is 1.68. The molecule has 0 atom stereocenters. The number of sulfone groups is 1. The van der Waals surface area contributed by atoms with Crippen molar-refractivity contribution in [2.45, 2.75) is 18.7 Å². The van der Waals surface area contributed by atoms with Gasteiger partial charge in [0, 0.05) is 23.0 Å². The molecule has 140 valence electrons. The maximum absolute atomic E-state index is 12.4. The third-order valence-electron chi connectivity index (χ3n) is 4.04. The van der Waals surface area contributed by atoms with Gasteiger partial charge in [-0.2, -0.15) is 0 Å². The van der Waals surface area contributed by atoms with Crippen molar-refractivity contribution < 1.29 is 13.2 Å². The van der Waals surface area contributed by atoms with E-state index in [0.717, 1.165) is 23.1 Å². The Hall–Kier alpha value is -2.71. The average molecular weight is 402 g/mol. The van der Waals surface area contributed by atoms with Crippen LogP contribution in [0.3, 0.4) is 0 Å². The van der Waals surface area contributed by atoms with Crippen molar-refractivity contribution in [2.75, 3.05) is 16.9 Å². The SMILES string of the molecule is Cc1ccc(NC(=O)c2csc(Nc3ccc(S(C)(=O)=O)cc3)n2)cc1C. The number of benzene rings is 2. The van der Waals surface area contributed by atoms with Gasteiger partial charge < -0.3 is 10.6 Å². The molecule has 8 heteroatoms. The normalized spacial score (nSPS) is 11.2. The maximum atomic E-state index is 12.4. The van der Waals surface area contributed by atoms with Crippen LogP contribution in [0.15, 0.2) is 52.7 Å². The fourth-order valence-electron chi connectivity index (χ4n) is 2.36. The number of rotatable bonds is 5. The lowest BCUT2D eigenvalue weighted by molar-refractivity contribution is 0.102. The van der Waals surface area contributed by atoms with Crippen molar-refractivity contribution in [1.29, 1.82) is 0 Å². The summed E-state index contributed by atoms with van der Waals surface area (Å²) in [6.07, 6.45) is 1.16. The van der Waals surface area contributed by atoms with Crippen LogP contribution in [0, 0.1) is 13.8 Å². The molecular weight excluding hydrogens is 382 g/mol. The molecule has 1 amide bonds. The minimum atomic E-state index is -3.23. The van der Waals surface area contributed by atoms with Crippen molar-refractivity contribution in [1.82, 2.24) is 4.98 Å². The van der Waals surface area contributed by atoms with Crippen molar-refractivity contribution in [3.63, 3.8) is 0 Å². The van der Waals surface area contributed by atoms with Crippen molar-refractivity contribution in [3.8, 4) is 0 Å². The summed E-state index contributed by atoms with van der Waals surface area (Å²) in [5.41, 5.74) is 3.99. The van der Waals surface area contributed by atoms with Gasteiger partial charge in [-0.05, 0) is 61.4 Å². The molecule has 0 aliphatic heterocycles. The predicted octanol–water partition coefficient (Wildman–Crippen LogP) is 4.16. The van der Waals surface area contributed by atoms with Crippen LogP contribution >= 0.6 is 11.3 Å². The summed E-state index contributed by atoms with van der Waals surface area (Å²) in [4.78, 5) is 16.9. The zero-order chi connectivity index (χ0) is 19.6. The van der Waals surface area contributed by atoms with Gasteiger partial charge in [-0.15, -0.1) is 11.3 Å². The van der Waals surface area contributed by atoms with E-state index in [9.17, 15) is 13.2 Å². The molecule has 2 N–H and O–H groups in total. The van der Waals surface area contributed by atoms with E-state index in [1.54, 1.807) is 17.5 Å². The van der Waals surface area contributed by atoms with E-state index >= 15 is 0 Å². The van der Waals surface area contributed by atoms with Crippen molar-refractivity contribution in [3.05, 3.63) is 64.7 Å². The molecule has 27 heavy (non-hydrogen) atoms. The van der Waals surface area contributed by atoms with Gasteiger partial charge in [-0.25, -0.2) is 13.4 Å². The maximum Gasteiger partial charge on any atom is 0.275 e. The van der Waals surface area contributed by atoms with Gasteiger partial charge in [0.15, 0.2) is 15.0 Å². The Morgan fingerprint density at radius 1 is 1.00 bits per heavy atom. The first-order valence-corrected chi connectivity index (χ1v) is 10.9. The second kappa shape index (κ2) is 7.50. The number of aromatic nitrogens is 1. The molecule has 0 aliphatic rings. The molecule has 0 saturated carbocycles. The number of anilines is 3. The van der Waals surface area contributed by atoms with Gasteiger partial charge in [-0.1, -0.05) is 6.07 Å². The summed E-state index contributed by atoms with van der Waals surface area (Å²) in [5.74, 6) is -0.282. The third-order valence-corrected chi connectivity index (χ3v) is 5.92. The van der Waals surface area contributed by atoms with Crippen LogP contribution in [0.1, 0.15) is 21.6 Å². The van der Waals surface area contributed by atoms with Crippen molar-refractivity contribution in [2.24, 2.45) is 0 Å². The minimum Gasteiger partial charge on any atom is -0.332 e. The standard InChI is InChI=1S/C19H19N3O3S2/c1-12-4-5-15(10-13(12)2)20-18(23)17-11-26-19(22-17)21-14-6-8-16(9-7-14)27(3,24)25/h4-11H,1-3H3,(H,20,23)(H,21,22). The summed E-state index contributed by atoms with van der Waals surface area (Å²) in [7, 11) is -3.23. The average Bonchev–Trinajstić information content (AvgIpc) is 3.06. The summed E-state index contributed by atoms with van der Waals surface area (Å²) in [6, 6.07) is 12.1. The van der Waals surface area contributed by atoms with E-state index in [-0.39, 0.29) is 10.8 Å². The van der Waals surface area contributed by atoms with E-state index in [2.05, 4.69) is 15.6 Å². The Bertz CT molecular complexity index is 1090. The van der Waals surface area contributed by atoms with Crippen LogP contribution < -0.4 is 10.6 Å². The number of hydrogen-bond acceptors (Lipinski definition) is 6. The largest absolute Gasteiger partial charge is 0.332 e. The zero-order valence-electron chi connectivity index (χ0n) is 15.1. The molecule has 2 aromatic carbocycles. The molecule has 0 saturated heterocycles. The van der Waals surface area contributed by atoms with Gasteiger partial charge in [0.2, 0.25) is 0 Å². The molecule has 1 heterocycles. The lowest BCUT2D eigenvalue weighted by Crippen LogP contribution is -2.12. The number of carbonyl (C=O) groups excluding carboxylic acids is 1. The number of nitrogens with zero attached hydrogens (tertiary/aromatic N) is 1. The first-order chi connectivity index (χ1) is 12.7. The Kier molecular flexibility index (Phi) is 5.29. The van der Waals surface area contributed by atoms with Crippen LogP contribution in [0.2, 0.25) is 0 Å². The monoisotopic (exact) mass is 401 g/mol. The fourth-order valence-corrected chi connectivity index (χ4v) is 3.70. The smallest absolute Gasteiger partial charge is 0.275 e. The lowest BCUT2D eigenvalue weighted by Gasteiger charge is -2.06. The highest BCUT2D eigenvalue weighted by atomic mass is 32.2. The van der Waals surface area contributed by atoms with Gasteiger partial charge in [-0.3, -0.25) is 4.79 Å². The summed E-state index contributed by atoms with van der Waals surface area (Å²) < 4.78 is 23.0. The van der Waals surface area contributed by atoms with E-state index in [1.165, 1.54) is 23.5 Å². The summed E-state index contributed by atoms with van der Waals surface area (Å²) in [5, 5.41) is 8.13. The zero-order valence-corrected chi connectivity index (χ0v) is 16.7. The molecule has 1 aromatic heterocycles. The minimum absolute atomic E-state index is 0.251. The van der Waals surface area contributed by atoms with Crippen LogP contribution in [0.25, 0.3) is 0 Å². The summed E-state index contributed by atoms with van der Waals surface area (Å²) >= 11 is 1.30. The number of thiazole rings is 1. The first kappa shape index (κ1) is 19.1. The highest BCUT2D eigenvalue weighted by Gasteiger charge is 2.12. The molecular formula is C19H19N3O3S2. The van der Waals surface area contributed by atoms with E-state index < -0.39 is 9.84 Å². The second-order valence-electron chi connectivity index (χ2n) is 6.21. The van der Waals surface area contributed by atoms with Gasteiger partial charge in [0.25, 0.3) is 5.91 Å². The number of nitrogens with one attached hydrogen (secondary N) is 2. The van der Waals surface area contributed by atoms with E-state index in [1.807, 2.05) is 32.0 Å². The molecule has 3 rings (SSSR count). The molecule has 0 bridgehead atoms. The van der Waals surface area contributed by atoms with Crippen LogP contribution in [-0.4, -0.2) is 25.6 Å². The number of carbonyl (C=O) groups is 1. The number of amides is 1. The fraction of sp³-hybridized carbons (Fsp3) is 0.158. The Morgan fingerprint density at radius 3 is 2.30 bits per heavy atom. The number of aryl methyl sites for hydroxylation is 2. The third kappa shape index (κ3) is 4.72. The highest BCUT2D eigenvalue weighted by molar-refractivity contribution is 7.90. The van der Waals surface area contributed by atoms with E-state index in [4.69, 9.17) is 0 Å². The van der Waals surface area contributed by atoms with Crippen LogP contribution in [0.4, 0.5) is 16.5 Å². The number of hydrogen-bond donors (Lipinski definition) is 2. The summed E-state index contributed by atoms with van der Waals surface area (Å²) in [6.45, 7) is 4.01. The molecule has 0 fully saturated rings. The molecule has 3 aromatic rings. The lowest BCUT2D eigenvalue weighted by atomic mass is 10.1. The van der Waals surface area contributed by atoms with Gasteiger partial charge >= 0.3 is 0 Å². The molecule has 0 spiro atoms. The second-order valence-corrected chi connectivity index (χ2v) is 9.09. The van der Waals surface area contributed by atoms with E-state index in [0.29, 0.717) is 16.5 Å². The Morgan fingerprint density at radius 2 is 1.67 bits per heavy atom. The molecule has 6 nitrogen and oxygen atoms in total. The quantitative estimate of drug-likeness (QED) is 0.670. The van der Waals surface area contributed by atoms with Gasteiger partial charge in [0.1, 0.15) is 5.69 Å². The molecule has 0 radical (unpaired) electrons. The van der Waals surface area contributed by atoms with Crippen molar-refractivity contribution >= 4 is 43.6 Å². The first-order valence-electron chi connectivity index (χ1n) is 8.13. The molecule has 0 unspecified atom stereocenters. The predicted molar refractivity (Wildman–Crippen MR) is 109 cm³/mol. The van der Waals surface area contributed by atoms with Crippen LogP contribution in [0.5, 0.6) is 0 Å². The van der Waals surface area contributed by atoms with Crippen LogP contribution in [-0.2, 0) is 9.84 Å².